The molecular weight excluding hydrogens is 274 g/mol. The molecule has 0 bridgehead atoms. The molecular formula is C15H23NO3S. The lowest BCUT2D eigenvalue weighted by Crippen LogP contribution is -2.36. The van der Waals surface area contributed by atoms with Crippen molar-refractivity contribution in [1.82, 2.24) is 4.31 Å². The normalized spacial score (nSPS) is 12.1. The highest BCUT2D eigenvalue weighted by molar-refractivity contribution is 7.89. The molecule has 1 N–H and O–H groups in total. The van der Waals surface area contributed by atoms with E-state index in [-0.39, 0.29) is 12.6 Å². The van der Waals surface area contributed by atoms with Gasteiger partial charge in [0.2, 0.25) is 10.0 Å². The van der Waals surface area contributed by atoms with Crippen LogP contribution < -0.4 is 0 Å². The summed E-state index contributed by atoms with van der Waals surface area (Å²) in [6, 6.07) is 6.73. The van der Waals surface area contributed by atoms with Gasteiger partial charge in [-0.25, -0.2) is 8.42 Å². The maximum atomic E-state index is 12.5. The second-order valence-electron chi connectivity index (χ2n) is 4.93. The third kappa shape index (κ3) is 4.16. The molecule has 0 spiro atoms. The summed E-state index contributed by atoms with van der Waals surface area (Å²) in [5, 5.41) is 8.79. The lowest BCUT2D eigenvalue weighted by Gasteiger charge is -2.24. The molecule has 0 unspecified atom stereocenters. The first kappa shape index (κ1) is 16.9. The molecule has 1 aromatic carbocycles. The Hall–Kier alpha value is -1.17. The van der Waals surface area contributed by atoms with Crippen molar-refractivity contribution in [3.8, 4) is 0 Å². The molecule has 0 aliphatic carbocycles. The highest BCUT2D eigenvalue weighted by atomic mass is 32.2. The molecule has 0 aliphatic heterocycles. The van der Waals surface area contributed by atoms with Gasteiger partial charge in [-0.3, -0.25) is 0 Å². The van der Waals surface area contributed by atoms with Gasteiger partial charge in [-0.15, -0.1) is 6.58 Å². The minimum absolute atomic E-state index is 0.118. The summed E-state index contributed by atoms with van der Waals surface area (Å²) in [6.07, 6.45) is 3.02. The zero-order chi connectivity index (χ0) is 15.2. The van der Waals surface area contributed by atoms with Crippen molar-refractivity contribution in [2.75, 3.05) is 13.2 Å². The summed E-state index contributed by atoms with van der Waals surface area (Å²) in [7, 11) is -3.49. The first-order chi connectivity index (χ1) is 9.43. The first-order valence-electron chi connectivity index (χ1n) is 6.76. The van der Waals surface area contributed by atoms with Crippen LogP contribution in [0.2, 0.25) is 0 Å². The van der Waals surface area contributed by atoms with Gasteiger partial charge in [0.05, 0.1) is 4.90 Å². The van der Waals surface area contributed by atoms with Crippen LogP contribution in [0.4, 0.5) is 0 Å². The van der Waals surface area contributed by atoms with E-state index in [1.807, 2.05) is 13.8 Å². The van der Waals surface area contributed by atoms with Crippen molar-refractivity contribution >= 4 is 10.0 Å². The highest BCUT2D eigenvalue weighted by Gasteiger charge is 2.25. The largest absolute Gasteiger partial charge is 0.396 e. The smallest absolute Gasteiger partial charge is 0.243 e. The van der Waals surface area contributed by atoms with Crippen LogP contribution in [0.5, 0.6) is 0 Å². The Bertz CT molecular complexity index is 521. The van der Waals surface area contributed by atoms with Gasteiger partial charge >= 0.3 is 0 Å². The Kier molecular flexibility index (Phi) is 6.39. The van der Waals surface area contributed by atoms with Crippen LogP contribution in [0.15, 0.2) is 41.8 Å². The number of aliphatic hydroxyl groups excluding tert-OH is 1. The fraction of sp³-hybridized carbons (Fsp3) is 0.467. The number of rotatable bonds is 8. The van der Waals surface area contributed by atoms with Gasteiger partial charge in [0, 0.05) is 19.2 Å². The van der Waals surface area contributed by atoms with E-state index in [0.717, 1.165) is 12.0 Å². The third-order valence-electron chi connectivity index (χ3n) is 3.04. The van der Waals surface area contributed by atoms with Gasteiger partial charge < -0.3 is 5.11 Å². The maximum Gasteiger partial charge on any atom is 0.243 e. The van der Waals surface area contributed by atoms with Gasteiger partial charge in [0.1, 0.15) is 0 Å². The number of aryl methyl sites for hydroxylation is 1. The Morgan fingerprint density at radius 2 is 1.90 bits per heavy atom. The van der Waals surface area contributed by atoms with Crippen LogP contribution in [-0.4, -0.2) is 37.0 Å². The monoisotopic (exact) mass is 297 g/mol. The minimum atomic E-state index is -3.49. The Labute approximate surface area is 121 Å². The molecule has 0 amide bonds. The second-order valence-corrected chi connectivity index (χ2v) is 6.82. The molecule has 0 fully saturated rings. The van der Waals surface area contributed by atoms with Crippen molar-refractivity contribution in [1.29, 1.82) is 0 Å². The highest BCUT2D eigenvalue weighted by Crippen LogP contribution is 2.19. The van der Waals surface area contributed by atoms with Crippen LogP contribution >= 0.6 is 0 Å². The number of nitrogens with zero attached hydrogens (tertiary/aromatic N) is 1. The van der Waals surface area contributed by atoms with E-state index >= 15 is 0 Å². The van der Waals surface area contributed by atoms with E-state index in [9.17, 15) is 8.42 Å². The lowest BCUT2D eigenvalue weighted by atomic mass is 10.1. The SMILES string of the molecule is C=CCN(C(C)C)S(=O)(=O)c1ccc(CCCO)cc1. The molecule has 0 radical (unpaired) electrons. The fourth-order valence-electron chi connectivity index (χ4n) is 1.96. The molecule has 0 aliphatic rings. The lowest BCUT2D eigenvalue weighted by molar-refractivity contribution is 0.288. The van der Waals surface area contributed by atoms with E-state index in [4.69, 9.17) is 5.11 Å². The Morgan fingerprint density at radius 3 is 2.35 bits per heavy atom. The van der Waals surface area contributed by atoms with Gasteiger partial charge in [0.15, 0.2) is 0 Å². The molecule has 112 valence electrons. The number of sulfonamides is 1. The average molecular weight is 297 g/mol. The van der Waals surface area contributed by atoms with E-state index in [2.05, 4.69) is 6.58 Å². The molecule has 0 heterocycles. The summed E-state index contributed by atoms with van der Waals surface area (Å²) in [5.74, 6) is 0. The summed E-state index contributed by atoms with van der Waals surface area (Å²) in [6.45, 7) is 7.73. The topological polar surface area (TPSA) is 57.6 Å². The molecule has 0 saturated heterocycles. The zero-order valence-electron chi connectivity index (χ0n) is 12.1. The van der Waals surface area contributed by atoms with Crippen LogP contribution in [0, 0.1) is 0 Å². The minimum Gasteiger partial charge on any atom is -0.396 e. The number of aliphatic hydroxyl groups is 1. The van der Waals surface area contributed by atoms with Crippen molar-refractivity contribution < 1.29 is 13.5 Å². The Balaban J connectivity index is 2.99. The summed E-state index contributed by atoms with van der Waals surface area (Å²) >= 11 is 0. The number of benzene rings is 1. The standard InChI is InChI=1S/C15H23NO3S/c1-4-11-16(13(2)3)20(18,19)15-9-7-14(8-10-15)6-5-12-17/h4,7-10,13,17H,1,5-6,11-12H2,2-3H3. The molecule has 0 atom stereocenters. The van der Waals surface area contributed by atoms with Crippen molar-refractivity contribution in [2.45, 2.75) is 37.6 Å². The van der Waals surface area contributed by atoms with Gasteiger partial charge in [-0.2, -0.15) is 4.31 Å². The molecule has 1 rings (SSSR count). The van der Waals surface area contributed by atoms with Crippen molar-refractivity contribution in [3.05, 3.63) is 42.5 Å². The third-order valence-corrected chi connectivity index (χ3v) is 5.09. The van der Waals surface area contributed by atoms with Crippen LogP contribution in [0.25, 0.3) is 0 Å². The predicted molar refractivity (Wildman–Crippen MR) is 81.1 cm³/mol. The molecule has 5 heteroatoms. The van der Waals surface area contributed by atoms with Crippen LogP contribution in [0.1, 0.15) is 25.8 Å². The van der Waals surface area contributed by atoms with Gasteiger partial charge in [0.25, 0.3) is 0 Å². The summed E-state index contributed by atoms with van der Waals surface area (Å²) < 4.78 is 26.5. The summed E-state index contributed by atoms with van der Waals surface area (Å²) in [4.78, 5) is 0.292. The van der Waals surface area contributed by atoms with E-state index < -0.39 is 10.0 Å². The fourth-order valence-corrected chi connectivity index (χ4v) is 3.57. The van der Waals surface area contributed by atoms with Gasteiger partial charge in [-0.1, -0.05) is 18.2 Å². The zero-order valence-corrected chi connectivity index (χ0v) is 12.9. The predicted octanol–water partition coefficient (Wildman–Crippen LogP) is 2.20. The first-order valence-corrected chi connectivity index (χ1v) is 8.20. The summed E-state index contributed by atoms with van der Waals surface area (Å²) in [5.41, 5.74) is 1.03. The van der Waals surface area contributed by atoms with E-state index in [1.165, 1.54) is 4.31 Å². The Morgan fingerprint density at radius 1 is 1.30 bits per heavy atom. The number of hydrogen-bond donors (Lipinski definition) is 1. The van der Waals surface area contributed by atoms with Crippen molar-refractivity contribution in [3.63, 3.8) is 0 Å². The molecule has 1 aromatic rings. The molecule has 0 saturated carbocycles. The molecule has 20 heavy (non-hydrogen) atoms. The maximum absolute atomic E-state index is 12.5. The van der Waals surface area contributed by atoms with Crippen LogP contribution in [-0.2, 0) is 16.4 Å². The molecule has 0 aromatic heterocycles. The van der Waals surface area contributed by atoms with Gasteiger partial charge in [-0.05, 0) is 44.4 Å². The van der Waals surface area contributed by atoms with Crippen LogP contribution in [0.3, 0.4) is 0 Å². The number of hydrogen-bond acceptors (Lipinski definition) is 3. The van der Waals surface area contributed by atoms with E-state index in [0.29, 0.717) is 17.9 Å². The quantitative estimate of drug-likeness (QED) is 0.748. The van der Waals surface area contributed by atoms with Crippen molar-refractivity contribution in [2.24, 2.45) is 0 Å². The van der Waals surface area contributed by atoms with E-state index in [1.54, 1.807) is 30.3 Å². The molecule has 4 nitrogen and oxygen atoms in total. The second kappa shape index (κ2) is 7.57. The average Bonchev–Trinajstić information content (AvgIpc) is 2.42.